The van der Waals surface area contributed by atoms with Crippen molar-refractivity contribution in [1.82, 2.24) is 5.32 Å². The lowest BCUT2D eigenvalue weighted by Crippen LogP contribution is -2.43. The van der Waals surface area contributed by atoms with E-state index in [1.807, 2.05) is 13.2 Å². The lowest BCUT2D eigenvalue weighted by atomic mass is 10.0. The van der Waals surface area contributed by atoms with Crippen LogP contribution in [0.15, 0.2) is 24.3 Å². The summed E-state index contributed by atoms with van der Waals surface area (Å²) in [5.41, 5.74) is 2.10. The first-order valence-corrected chi connectivity index (χ1v) is 8.32. The van der Waals surface area contributed by atoms with Crippen LogP contribution in [0.4, 0.5) is 0 Å². The van der Waals surface area contributed by atoms with E-state index in [1.165, 1.54) is 11.1 Å². The topological polar surface area (TPSA) is 32.3 Å². The summed E-state index contributed by atoms with van der Waals surface area (Å²) >= 11 is 1.68. The summed E-state index contributed by atoms with van der Waals surface area (Å²) in [5, 5.41) is 13.5. The Balaban J connectivity index is 2.30. The van der Waals surface area contributed by atoms with Crippen molar-refractivity contribution in [3.05, 3.63) is 35.4 Å². The van der Waals surface area contributed by atoms with E-state index >= 15 is 0 Å². The molecule has 108 valence electrons. The van der Waals surface area contributed by atoms with Crippen LogP contribution in [0.5, 0.6) is 0 Å². The van der Waals surface area contributed by atoms with Crippen molar-refractivity contribution in [1.29, 1.82) is 0 Å². The molecule has 19 heavy (non-hydrogen) atoms. The normalized spacial score (nSPS) is 16.1. The molecular formula is C16H27NOS. The van der Waals surface area contributed by atoms with Gasteiger partial charge in [0.2, 0.25) is 0 Å². The predicted molar refractivity (Wildman–Crippen MR) is 86.0 cm³/mol. The van der Waals surface area contributed by atoms with Gasteiger partial charge in [0, 0.05) is 18.3 Å². The molecule has 0 spiro atoms. The van der Waals surface area contributed by atoms with Gasteiger partial charge < -0.3 is 10.4 Å². The number of aliphatic hydroxyl groups is 1. The van der Waals surface area contributed by atoms with Gasteiger partial charge in [0.05, 0.1) is 5.60 Å². The Morgan fingerprint density at radius 1 is 1.42 bits per heavy atom. The minimum absolute atomic E-state index is 0.425. The lowest BCUT2D eigenvalue weighted by Gasteiger charge is -2.25. The van der Waals surface area contributed by atoms with Gasteiger partial charge in [-0.3, -0.25) is 0 Å². The molecule has 0 fully saturated rings. The fourth-order valence-electron chi connectivity index (χ4n) is 2.11. The number of hydrogen-bond acceptors (Lipinski definition) is 3. The molecule has 0 bridgehead atoms. The second-order valence-electron chi connectivity index (χ2n) is 5.74. The quantitative estimate of drug-likeness (QED) is 0.768. The zero-order valence-electron chi connectivity index (χ0n) is 12.6. The maximum Gasteiger partial charge on any atom is 0.0833 e. The summed E-state index contributed by atoms with van der Waals surface area (Å²) in [6.07, 6.45) is 4.20. The van der Waals surface area contributed by atoms with Crippen LogP contribution >= 0.6 is 11.8 Å². The van der Waals surface area contributed by atoms with Gasteiger partial charge in [-0.05, 0) is 45.4 Å². The molecule has 2 N–H and O–H groups in total. The van der Waals surface area contributed by atoms with Crippen LogP contribution in [0.25, 0.3) is 0 Å². The first-order chi connectivity index (χ1) is 8.93. The number of thioether (sulfide) groups is 1. The molecule has 0 aliphatic heterocycles. The molecule has 0 amide bonds. The molecule has 2 atom stereocenters. The molecule has 1 aromatic rings. The summed E-state index contributed by atoms with van der Waals surface area (Å²) in [7, 11) is 0. The van der Waals surface area contributed by atoms with Gasteiger partial charge in [0.1, 0.15) is 0 Å². The van der Waals surface area contributed by atoms with E-state index in [0.717, 1.165) is 18.6 Å². The first-order valence-electron chi connectivity index (χ1n) is 6.93. The Bertz CT molecular complexity index is 379. The van der Waals surface area contributed by atoms with Gasteiger partial charge in [-0.2, -0.15) is 11.8 Å². The van der Waals surface area contributed by atoms with E-state index in [4.69, 9.17) is 0 Å². The number of aryl methyl sites for hydroxylation is 2. The van der Waals surface area contributed by atoms with Gasteiger partial charge in [0.25, 0.3) is 0 Å². The van der Waals surface area contributed by atoms with Crippen LogP contribution in [0.1, 0.15) is 31.4 Å². The van der Waals surface area contributed by atoms with Crippen molar-refractivity contribution in [3.63, 3.8) is 0 Å². The standard InChI is InChI=1S/C16H27NOS/c1-13-6-5-7-15(10-13)9-8-14(2)17-11-16(3,18)12-19-4/h5-7,10,14,17-18H,8-9,11-12H2,1-4H3. The summed E-state index contributed by atoms with van der Waals surface area (Å²) in [4.78, 5) is 0. The van der Waals surface area contributed by atoms with E-state index in [2.05, 4.69) is 43.4 Å². The molecule has 0 heterocycles. The highest BCUT2D eigenvalue weighted by atomic mass is 32.2. The lowest BCUT2D eigenvalue weighted by molar-refractivity contribution is 0.0817. The molecule has 0 aliphatic rings. The summed E-state index contributed by atoms with van der Waals surface area (Å²) in [5.74, 6) is 0.768. The summed E-state index contributed by atoms with van der Waals surface area (Å²) < 4.78 is 0. The maximum absolute atomic E-state index is 10.1. The largest absolute Gasteiger partial charge is 0.388 e. The van der Waals surface area contributed by atoms with E-state index in [9.17, 15) is 5.11 Å². The van der Waals surface area contributed by atoms with Crippen LogP contribution < -0.4 is 5.32 Å². The van der Waals surface area contributed by atoms with Crippen LogP contribution in [0.3, 0.4) is 0 Å². The van der Waals surface area contributed by atoms with Gasteiger partial charge in [-0.1, -0.05) is 29.8 Å². The smallest absolute Gasteiger partial charge is 0.0833 e. The third-order valence-electron chi connectivity index (χ3n) is 3.24. The molecule has 1 rings (SSSR count). The van der Waals surface area contributed by atoms with Crippen molar-refractivity contribution < 1.29 is 5.11 Å². The first kappa shape index (κ1) is 16.5. The van der Waals surface area contributed by atoms with E-state index in [1.54, 1.807) is 11.8 Å². The Kier molecular flexibility index (Phi) is 6.90. The minimum Gasteiger partial charge on any atom is -0.388 e. The van der Waals surface area contributed by atoms with E-state index in [-0.39, 0.29) is 0 Å². The predicted octanol–water partition coefficient (Wildman–Crippen LogP) is 3.02. The minimum atomic E-state index is -0.614. The number of nitrogens with one attached hydrogen (secondary N) is 1. The molecule has 0 aliphatic carbocycles. The molecule has 0 saturated carbocycles. The highest BCUT2D eigenvalue weighted by molar-refractivity contribution is 7.98. The molecule has 3 heteroatoms. The SMILES string of the molecule is CSCC(C)(O)CNC(C)CCc1cccc(C)c1. The van der Waals surface area contributed by atoms with Crippen molar-refractivity contribution in [2.45, 2.75) is 45.3 Å². The van der Waals surface area contributed by atoms with E-state index in [0.29, 0.717) is 12.6 Å². The van der Waals surface area contributed by atoms with Gasteiger partial charge in [-0.15, -0.1) is 0 Å². The summed E-state index contributed by atoms with van der Waals surface area (Å²) in [6, 6.07) is 9.10. The van der Waals surface area contributed by atoms with Gasteiger partial charge in [0.15, 0.2) is 0 Å². The van der Waals surface area contributed by atoms with Crippen molar-refractivity contribution >= 4 is 11.8 Å². The number of rotatable bonds is 8. The fraction of sp³-hybridized carbons (Fsp3) is 0.625. The molecule has 0 radical (unpaired) electrons. The third-order valence-corrected chi connectivity index (χ3v) is 4.15. The molecule has 1 aromatic carbocycles. The molecule has 2 unspecified atom stereocenters. The number of benzene rings is 1. The van der Waals surface area contributed by atoms with Crippen molar-refractivity contribution in [3.8, 4) is 0 Å². The van der Waals surface area contributed by atoms with Crippen LogP contribution in [0.2, 0.25) is 0 Å². The van der Waals surface area contributed by atoms with E-state index < -0.39 is 5.60 Å². The monoisotopic (exact) mass is 281 g/mol. The molecule has 2 nitrogen and oxygen atoms in total. The second kappa shape index (κ2) is 7.93. The maximum atomic E-state index is 10.1. The fourth-order valence-corrected chi connectivity index (χ4v) is 2.83. The van der Waals surface area contributed by atoms with Gasteiger partial charge >= 0.3 is 0 Å². The van der Waals surface area contributed by atoms with Gasteiger partial charge in [-0.25, -0.2) is 0 Å². The van der Waals surface area contributed by atoms with Crippen LogP contribution in [-0.4, -0.2) is 35.3 Å². The average molecular weight is 281 g/mol. The number of hydrogen-bond donors (Lipinski definition) is 2. The molecule has 0 aromatic heterocycles. The zero-order chi connectivity index (χ0) is 14.3. The second-order valence-corrected chi connectivity index (χ2v) is 6.61. The summed E-state index contributed by atoms with van der Waals surface area (Å²) in [6.45, 7) is 6.86. The van der Waals surface area contributed by atoms with Crippen LogP contribution in [0, 0.1) is 6.92 Å². The van der Waals surface area contributed by atoms with Crippen molar-refractivity contribution in [2.75, 3.05) is 18.6 Å². The molecular weight excluding hydrogens is 254 g/mol. The Labute approximate surface area is 122 Å². The Morgan fingerprint density at radius 3 is 2.79 bits per heavy atom. The average Bonchev–Trinajstić information content (AvgIpc) is 2.34. The highest BCUT2D eigenvalue weighted by Crippen LogP contribution is 2.11. The Hall–Kier alpha value is -0.510. The van der Waals surface area contributed by atoms with Crippen LogP contribution in [-0.2, 0) is 6.42 Å². The third kappa shape index (κ3) is 7.00. The Morgan fingerprint density at radius 2 is 2.16 bits per heavy atom. The zero-order valence-corrected chi connectivity index (χ0v) is 13.4. The highest BCUT2D eigenvalue weighted by Gasteiger charge is 2.19. The van der Waals surface area contributed by atoms with Crippen molar-refractivity contribution in [2.24, 2.45) is 0 Å². The molecule has 0 saturated heterocycles.